The van der Waals surface area contributed by atoms with Gasteiger partial charge in [-0.1, -0.05) is 6.42 Å². The van der Waals surface area contributed by atoms with Gasteiger partial charge in [-0.2, -0.15) is 0 Å². The third-order valence-corrected chi connectivity index (χ3v) is 4.19. The van der Waals surface area contributed by atoms with Crippen LogP contribution in [-0.4, -0.2) is 36.1 Å². The SMILES string of the molecule is Cc1csc(CNCCCN2CCCCC2)n1. The van der Waals surface area contributed by atoms with Crippen LogP contribution in [-0.2, 0) is 6.54 Å². The van der Waals surface area contributed by atoms with Crippen LogP contribution in [0.25, 0.3) is 0 Å². The molecule has 4 heteroatoms. The van der Waals surface area contributed by atoms with Gasteiger partial charge < -0.3 is 10.2 Å². The standard InChI is InChI=1S/C13H23N3S/c1-12-11-17-13(15-12)10-14-6-5-9-16-7-3-2-4-8-16/h11,14H,2-10H2,1H3. The van der Waals surface area contributed by atoms with Crippen LogP contribution in [0.15, 0.2) is 5.38 Å². The molecular weight excluding hydrogens is 230 g/mol. The van der Waals surface area contributed by atoms with Crippen LogP contribution < -0.4 is 5.32 Å². The predicted octanol–water partition coefficient (Wildman–Crippen LogP) is 2.42. The van der Waals surface area contributed by atoms with Crippen LogP contribution in [0.3, 0.4) is 0 Å². The molecule has 96 valence electrons. The van der Waals surface area contributed by atoms with Crippen molar-refractivity contribution in [3.63, 3.8) is 0 Å². The maximum Gasteiger partial charge on any atom is 0.107 e. The summed E-state index contributed by atoms with van der Waals surface area (Å²) in [6.07, 6.45) is 5.47. The van der Waals surface area contributed by atoms with Crippen LogP contribution in [0.2, 0.25) is 0 Å². The summed E-state index contributed by atoms with van der Waals surface area (Å²) in [4.78, 5) is 7.04. The van der Waals surface area contributed by atoms with Crippen LogP contribution in [0.5, 0.6) is 0 Å². The highest BCUT2D eigenvalue weighted by atomic mass is 32.1. The van der Waals surface area contributed by atoms with Crippen molar-refractivity contribution in [3.8, 4) is 0 Å². The molecule has 1 N–H and O–H groups in total. The molecule has 0 aromatic carbocycles. The number of rotatable bonds is 6. The van der Waals surface area contributed by atoms with Crippen molar-refractivity contribution in [2.24, 2.45) is 0 Å². The number of hydrogen-bond acceptors (Lipinski definition) is 4. The molecule has 1 aliphatic rings. The molecule has 0 amide bonds. The Morgan fingerprint density at radius 2 is 2.18 bits per heavy atom. The van der Waals surface area contributed by atoms with Crippen molar-refractivity contribution in [2.75, 3.05) is 26.2 Å². The Kier molecular flexibility index (Phi) is 5.42. The zero-order valence-electron chi connectivity index (χ0n) is 10.7. The van der Waals surface area contributed by atoms with Crippen LogP contribution >= 0.6 is 11.3 Å². The summed E-state index contributed by atoms with van der Waals surface area (Å²) in [6, 6.07) is 0. The molecule has 2 rings (SSSR count). The quantitative estimate of drug-likeness (QED) is 0.789. The first kappa shape index (κ1) is 13.0. The van der Waals surface area contributed by atoms with Crippen molar-refractivity contribution >= 4 is 11.3 Å². The highest BCUT2D eigenvalue weighted by Crippen LogP contribution is 2.09. The molecule has 1 fully saturated rings. The van der Waals surface area contributed by atoms with Crippen LogP contribution in [0.4, 0.5) is 0 Å². The molecule has 0 aliphatic carbocycles. The number of nitrogens with zero attached hydrogens (tertiary/aromatic N) is 2. The Labute approximate surface area is 108 Å². The van der Waals surface area contributed by atoms with Crippen molar-refractivity contribution in [1.29, 1.82) is 0 Å². The van der Waals surface area contributed by atoms with E-state index in [1.807, 2.05) is 0 Å². The van der Waals surface area contributed by atoms with Gasteiger partial charge in [0.2, 0.25) is 0 Å². The zero-order valence-corrected chi connectivity index (χ0v) is 11.6. The number of aryl methyl sites for hydroxylation is 1. The molecule has 1 aromatic rings. The smallest absolute Gasteiger partial charge is 0.107 e. The van der Waals surface area contributed by atoms with Crippen LogP contribution in [0.1, 0.15) is 36.4 Å². The Morgan fingerprint density at radius 3 is 2.88 bits per heavy atom. The largest absolute Gasteiger partial charge is 0.310 e. The molecule has 0 unspecified atom stereocenters. The minimum atomic E-state index is 0.929. The molecule has 2 heterocycles. The predicted molar refractivity (Wildman–Crippen MR) is 73.5 cm³/mol. The van der Waals surface area contributed by atoms with Crippen molar-refractivity contribution < 1.29 is 0 Å². The normalized spacial score (nSPS) is 17.5. The van der Waals surface area contributed by atoms with E-state index in [1.165, 1.54) is 50.3 Å². The van der Waals surface area contributed by atoms with Gasteiger partial charge in [0, 0.05) is 17.6 Å². The molecular formula is C13H23N3S. The third-order valence-electron chi connectivity index (χ3n) is 3.22. The lowest BCUT2D eigenvalue weighted by molar-refractivity contribution is 0.225. The van der Waals surface area contributed by atoms with E-state index in [0.29, 0.717) is 0 Å². The number of nitrogens with one attached hydrogen (secondary N) is 1. The first-order valence-electron chi connectivity index (χ1n) is 6.69. The van der Waals surface area contributed by atoms with E-state index in [1.54, 1.807) is 11.3 Å². The number of piperidine rings is 1. The average Bonchev–Trinajstić information content (AvgIpc) is 2.76. The molecule has 1 aliphatic heterocycles. The van der Waals surface area contributed by atoms with Crippen LogP contribution in [0, 0.1) is 6.92 Å². The summed E-state index contributed by atoms with van der Waals surface area (Å²) in [5, 5.41) is 6.80. The summed E-state index contributed by atoms with van der Waals surface area (Å²) < 4.78 is 0. The monoisotopic (exact) mass is 253 g/mol. The molecule has 0 spiro atoms. The van der Waals surface area contributed by atoms with E-state index in [2.05, 4.69) is 27.5 Å². The number of likely N-dealkylation sites (tertiary alicyclic amines) is 1. The third kappa shape index (κ3) is 4.74. The van der Waals surface area contributed by atoms with E-state index in [9.17, 15) is 0 Å². The van der Waals surface area contributed by atoms with Crippen molar-refractivity contribution in [1.82, 2.24) is 15.2 Å². The zero-order chi connectivity index (χ0) is 11.9. The highest BCUT2D eigenvalue weighted by molar-refractivity contribution is 7.09. The summed E-state index contributed by atoms with van der Waals surface area (Å²) in [5.74, 6) is 0. The molecule has 0 radical (unpaired) electrons. The lowest BCUT2D eigenvalue weighted by Gasteiger charge is -2.26. The van der Waals surface area contributed by atoms with E-state index < -0.39 is 0 Å². The van der Waals surface area contributed by atoms with Gasteiger partial charge in [-0.05, 0) is 52.4 Å². The fourth-order valence-corrected chi connectivity index (χ4v) is 3.03. The first-order chi connectivity index (χ1) is 8.34. The van der Waals surface area contributed by atoms with Gasteiger partial charge in [0.25, 0.3) is 0 Å². The Hall–Kier alpha value is -0.450. The molecule has 17 heavy (non-hydrogen) atoms. The van der Waals surface area contributed by atoms with Gasteiger partial charge in [-0.3, -0.25) is 0 Å². The van der Waals surface area contributed by atoms with E-state index >= 15 is 0 Å². The second-order valence-corrected chi connectivity index (χ2v) is 5.76. The molecule has 1 saturated heterocycles. The summed E-state index contributed by atoms with van der Waals surface area (Å²) >= 11 is 1.75. The second-order valence-electron chi connectivity index (χ2n) is 4.82. The maximum absolute atomic E-state index is 4.44. The van der Waals surface area contributed by atoms with Gasteiger partial charge in [0.15, 0.2) is 0 Å². The molecule has 1 aromatic heterocycles. The van der Waals surface area contributed by atoms with Gasteiger partial charge in [0.05, 0.1) is 0 Å². The minimum Gasteiger partial charge on any atom is -0.310 e. The molecule has 0 bridgehead atoms. The summed E-state index contributed by atoms with van der Waals surface area (Å²) in [6.45, 7) is 7.96. The number of aromatic nitrogens is 1. The lowest BCUT2D eigenvalue weighted by Crippen LogP contribution is -2.32. The molecule has 0 saturated carbocycles. The Bertz CT molecular complexity index is 318. The Balaban J connectivity index is 1.51. The minimum absolute atomic E-state index is 0.929. The van der Waals surface area contributed by atoms with Crippen molar-refractivity contribution in [2.45, 2.75) is 39.2 Å². The maximum atomic E-state index is 4.44. The van der Waals surface area contributed by atoms with Gasteiger partial charge in [-0.25, -0.2) is 4.98 Å². The Morgan fingerprint density at radius 1 is 1.35 bits per heavy atom. The second kappa shape index (κ2) is 7.09. The van der Waals surface area contributed by atoms with E-state index in [-0.39, 0.29) is 0 Å². The fourth-order valence-electron chi connectivity index (χ4n) is 2.29. The van der Waals surface area contributed by atoms with Gasteiger partial charge in [-0.15, -0.1) is 11.3 Å². The highest BCUT2D eigenvalue weighted by Gasteiger charge is 2.08. The average molecular weight is 253 g/mol. The first-order valence-corrected chi connectivity index (χ1v) is 7.56. The van der Waals surface area contributed by atoms with Gasteiger partial charge >= 0.3 is 0 Å². The van der Waals surface area contributed by atoms with Gasteiger partial charge in [0.1, 0.15) is 5.01 Å². The fraction of sp³-hybridized carbons (Fsp3) is 0.769. The summed E-state index contributed by atoms with van der Waals surface area (Å²) in [7, 11) is 0. The topological polar surface area (TPSA) is 28.2 Å². The molecule has 3 nitrogen and oxygen atoms in total. The molecule has 0 atom stereocenters. The van der Waals surface area contributed by atoms with E-state index in [0.717, 1.165) is 18.8 Å². The van der Waals surface area contributed by atoms with E-state index in [4.69, 9.17) is 0 Å². The number of hydrogen-bond donors (Lipinski definition) is 1. The lowest BCUT2D eigenvalue weighted by atomic mass is 10.1. The number of thiazole rings is 1. The summed E-state index contributed by atoms with van der Waals surface area (Å²) in [5.41, 5.74) is 1.14. The van der Waals surface area contributed by atoms with Crippen molar-refractivity contribution in [3.05, 3.63) is 16.1 Å².